The van der Waals surface area contributed by atoms with Gasteiger partial charge >= 0.3 is 0 Å². The lowest BCUT2D eigenvalue weighted by Gasteiger charge is -1.91. The molecule has 0 aliphatic carbocycles. The van der Waals surface area contributed by atoms with Gasteiger partial charge in [-0.05, 0) is 18.4 Å². The Bertz CT molecular complexity index is 841. The van der Waals surface area contributed by atoms with E-state index < -0.39 is 0 Å². The molecule has 0 saturated carbocycles. The van der Waals surface area contributed by atoms with Crippen molar-refractivity contribution in [3.05, 3.63) is 36.5 Å². The molecule has 3 heterocycles. The molecule has 4 aromatic rings. The number of furan rings is 1. The molecule has 0 atom stereocenters. The van der Waals surface area contributed by atoms with E-state index in [2.05, 4.69) is 10.1 Å². The van der Waals surface area contributed by atoms with E-state index in [1.54, 1.807) is 29.3 Å². The Morgan fingerprint density at radius 3 is 3.05 bits per heavy atom. The standard InChI is InChI=1S/C13H9N3OS2/c1-18-13-15-16-9(7-14-12(16)19-13)11-6-8-4-2-3-5-10(8)17-11/h2-7H,1H3. The molecule has 0 amide bonds. The Kier molecular flexibility index (Phi) is 2.39. The molecule has 1 aromatic carbocycles. The molecule has 6 heteroatoms. The second-order valence-electron chi connectivity index (χ2n) is 4.06. The first-order valence-electron chi connectivity index (χ1n) is 5.72. The Balaban J connectivity index is 1.95. The molecular weight excluding hydrogens is 278 g/mol. The predicted octanol–water partition coefficient (Wildman–Crippen LogP) is 3.93. The molecule has 0 saturated heterocycles. The van der Waals surface area contributed by atoms with Gasteiger partial charge in [-0.1, -0.05) is 41.3 Å². The summed E-state index contributed by atoms with van der Waals surface area (Å²) in [6.45, 7) is 0. The zero-order chi connectivity index (χ0) is 12.8. The van der Waals surface area contributed by atoms with Crippen LogP contribution in [0.3, 0.4) is 0 Å². The fourth-order valence-corrected chi connectivity index (χ4v) is 3.36. The highest BCUT2D eigenvalue weighted by molar-refractivity contribution is 8.00. The van der Waals surface area contributed by atoms with Crippen LogP contribution in [-0.2, 0) is 0 Å². The molecule has 0 spiro atoms. The van der Waals surface area contributed by atoms with E-state index in [0.29, 0.717) is 0 Å². The van der Waals surface area contributed by atoms with Crippen LogP contribution in [0.5, 0.6) is 0 Å². The molecule has 0 N–H and O–H groups in total. The second-order valence-corrected chi connectivity index (χ2v) is 6.07. The van der Waals surface area contributed by atoms with Crippen LogP contribution in [0.15, 0.2) is 45.3 Å². The van der Waals surface area contributed by atoms with Crippen LogP contribution in [0, 0.1) is 0 Å². The van der Waals surface area contributed by atoms with Gasteiger partial charge in [0, 0.05) is 5.39 Å². The Morgan fingerprint density at radius 1 is 1.32 bits per heavy atom. The number of thioether (sulfide) groups is 1. The quantitative estimate of drug-likeness (QED) is 0.524. The van der Waals surface area contributed by atoms with Crippen LogP contribution in [0.2, 0.25) is 0 Å². The number of rotatable bonds is 2. The minimum atomic E-state index is 0.798. The minimum absolute atomic E-state index is 0.798. The number of nitrogens with zero attached hydrogens (tertiary/aromatic N) is 3. The van der Waals surface area contributed by atoms with Gasteiger partial charge in [0.05, 0.1) is 6.20 Å². The fraction of sp³-hybridized carbons (Fsp3) is 0.0769. The normalized spacial score (nSPS) is 11.6. The first kappa shape index (κ1) is 11.1. The van der Waals surface area contributed by atoms with Crippen LogP contribution in [0.4, 0.5) is 0 Å². The number of fused-ring (bicyclic) bond motifs is 2. The monoisotopic (exact) mass is 287 g/mol. The van der Waals surface area contributed by atoms with Crippen molar-refractivity contribution in [3.8, 4) is 11.5 Å². The van der Waals surface area contributed by atoms with Gasteiger partial charge in [-0.25, -0.2) is 4.98 Å². The van der Waals surface area contributed by atoms with Gasteiger partial charge in [0.15, 0.2) is 10.1 Å². The van der Waals surface area contributed by atoms with Gasteiger partial charge < -0.3 is 4.42 Å². The van der Waals surface area contributed by atoms with Crippen molar-refractivity contribution in [2.75, 3.05) is 6.26 Å². The summed E-state index contributed by atoms with van der Waals surface area (Å²) in [6, 6.07) is 10.00. The van der Waals surface area contributed by atoms with E-state index in [4.69, 9.17) is 4.42 Å². The highest BCUT2D eigenvalue weighted by atomic mass is 32.2. The summed E-state index contributed by atoms with van der Waals surface area (Å²) in [5.74, 6) is 0.798. The van der Waals surface area contributed by atoms with E-state index in [0.717, 1.165) is 31.7 Å². The molecule has 3 aromatic heterocycles. The Labute approximate surface area is 117 Å². The van der Waals surface area contributed by atoms with Crippen molar-refractivity contribution in [1.29, 1.82) is 0 Å². The van der Waals surface area contributed by atoms with Crippen molar-refractivity contribution in [2.45, 2.75) is 4.34 Å². The summed E-state index contributed by atoms with van der Waals surface area (Å²) >= 11 is 3.21. The third-order valence-corrected chi connectivity index (χ3v) is 4.82. The van der Waals surface area contributed by atoms with Gasteiger partial charge in [0.2, 0.25) is 4.96 Å². The van der Waals surface area contributed by atoms with Gasteiger partial charge in [-0.15, -0.1) is 5.10 Å². The lowest BCUT2D eigenvalue weighted by molar-refractivity contribution is 0.625. The molecule has 0 radical (unpaired) electrons. The van der Waals surface area contributed by atoms with Gasteiger partial charge in [0.25, 0.3) is 0 Å². The lowest BCUT2D eigenvalue weighted by atomic mass is 10.2. The van der Waals surface area contributed by atoms with E-state index >= 15 is 0 Å². The molecule has 0 aliphatic rings. The van der Waals surface area contributed by atoms with Crippen molar-refractivity contribution in [1.82, 2.24) is 14.6 Å². The highest BCUT2D eigenvalue weighted by Crippen LogP contribution is 2.30. The predicted molar refractivity (Wildman–Crippen MR) is 77.9 cm³/mol. The molecule has 94 valence electrons. The number of hydrogen-bond donors (Lipinski definition) is 0. The smallest absolute Gasteiger partial charge is 0.213 e. The summed E-state index contributed by atoms with van der Waals surface area (Å²) in [5.41, 5.74) is 1.77. The van der Waals surface area contributed by atoms with Gasteiger partial charge in [-0.2, -0.15) is 4.52 Å². The summed E-state index contributed by atoms with van der Waals surface area (Å²) in [7, 11) is 0. The molecule has 19 heavy (non-hydrogen) atoms. The molecule has 4 nitrogen and oxygen atoms in total. The maximum Gasteiger partial charge on any atom is 0.213 e. The second kappa shape index (κ2) is 4.11. The van der Waals surface area contributed by atoms with E-state index in [1.165, 1.54) is 0 Å². The summed E-state index contributed by atoms with van der Waals surface area (Å²) in [4.78, 5) is 5.27. The number of hydrogen-bond acceptors (Lipinski definition) is 5. The van der Waals surface area contributed by atoms with Crippen LogP contribution in [-0.4, -0.2) is 20.9 Å². The lowest BCUT2D eigenvalue weighted by Crippen LogP contribution is -1.86. The average molecular weight is 287 g/mol. The number of benzene rings is 1. The van der Waals surface area contributed by atoms with Crippen LogP contribution in [0.25, 0.3) is 27.4 Å². The molecule has 0 fully saturated rings. The fourth-order valence-electron chi connectivity index (χ4n) is 2.03. The Morgan fingerprint density at radius 2 is 2.21 bits per heavy atom. The first-order chi connectivity index (χ1) is 9.35. The number of aromatic nitrogens is 3. The zero-order valence-corrected chi connectivity index (χ0v) is 11.7. The van der Waals surface area contributed by atoms with Gasteiger partial charge in [0.1, 0.15) is 11.3 Å². The van der Waals surface area contributed by atoms with E-state index in [-0.39, 0.29) is 0 Å². The minimum Gasteiger partial charge on any atom is -0.454 e. The summed E-state index contributed by atoms with van der Waals surface area (Å²) in [6.07, 6.45) is 3.82. The van der Waals surface area contributed by atoms with Crippen LogP contribution in [0.1, 0.15) is 0 Å². The molecule has 0 bridgehead atoms. The zero-order valence-electron chi connectivity index (χ0n) is 10.0. The molecule has 0 aliphatic heterocycles. The highest BCUT2D eigenvalue weighted by Gasteiger charge is 2.14. The SMILES string of the molecule is CSc1nn2c(-c3cc4ccccc4o3)cnc2s1. The Hall–Kier alpha value is -1.79. The third kappa shape index (κ3) is 1.67. The van der Waals surface area contributed by atoms with Crippen molar-refractivity contribution < 1.29 is 4.42 Å². The average Bonchev–Trinajstić information content (AvgIpc) is 3.10. The van der Waals surface area contributed by atoms with Crippen molar-refractivity contribution in [3.63, 3.8) is 0 Å². The number of para-hydroxylation sites is 1. The maximum absolute atomic E-state index is 5.86. The number of imidazole rings is 1. The first-order valence-corrected chi connectivity index (χ1v) is 7.77. The van der Waals surface area contributed by atoms with Crippen molar-refractivity contribution in [2.24, 2.45) is 0 Å². The molecule has 0 unspecified atom stereocenters. The summed E-state index contributed by atoms with van der Waals surface area (Å²) in [5, 5.41) is 5.60. The van der Waals surface area contributed by atoms with Gasteiger partial charge in [-0.3, -0.25) is 0 Å². The third-order valence-electron chi connectivity index (χ3n) is 2.92. The maximum atomic E-state index is 5.86. The summed E-state index contributed by atoms with van der Waals surface area (Å²) < 4.78 is 8.70. The van der Waals surface area contributed by atoms with E-state index in [1.807, 2.05) is 41.1 Å². The largest absolute Gasteiger partial charge is 0.454 e. The van der Waals surface area contributed by atoms with Crippen LogP contribution >= 0.6 is 23.1 Å². The molecular formula is C13H9N3OS2. The van der Waals surface area contributed by atoms with E-state index in [9.17, 15) is 0 Å². The molecule has 4 rings (SSSR count). The topological polar surface area (TPSA) is 43.3 Å². The van der Waals surface area contributed by atoms with Crippen molar-refractivity contribution >= 4 is 39.0 Å². The van der Waals surface area contributed by atoms with Crippen LogP contribution < -0.4 is 0 Å².